The van der Waals surface area contributed by atoms with E-state index in [0.717, 1.165) is 0 Å². The van der Waals surface area contributed by atoms with E-state index in [0.29, 0.717) is 0 Å². The molecule has 0 unspecified atom stereocenters. The van der Waals surface area contributed by atoms with Crippen LogP contribution in [0.1, 0.15) is 58.2 Å². The second-order valence-corrected chi connectivity index (χ2v) is 12.4. The van der Waals surface area contributed by atoms with Crippen LogP contribution in [-0.4, -0.2) is 17.0 Å². The van der Waals surface area contributed by atoms with Crippen LogP contribution in [0.2, 0.25) is 0 Å². The highest BCUT2D eigenvalue weighted by atomic mass is 28.2. The van der Waals surface area contributed by atoms with E-state index in [2.05, 4.69) is 153 Å². The minimum atomic E-state index is -1.52. The molecule has 0 fully saturated rings. The summed E-state index contributed by atoms with van der Waals surface area (Å²) in [7, 11) is -1.52. The number of hydrogen-bond acceptors (Lipinski definition) is 1. The molecule has 0 radical (unpaired) electrons. The summed E-state index contributed by atoms with van der Waals surface area (Å²) in [6.45, 7) is 13.7. The molecule has 0 saturated carbocycles. The maximum Gasteiger partial charge on any atom is 0.379 e. The zero-order valence-electron chi connectivity index (χ0n) is 20.7. The molecule has 0 aliphatic rings. The molecule has 4 heteroatoms. The molecule has 4 rings (SSSR count). The molecular weight excluding hydrogens is 418 g/mol. The summed E-state index contributed by atoms with van der Waals surface area (Å²) < 4.78 is 10.9. The zero-order valence-corrected chi connectivity index (χ0v) is 21.7. The van der Waals surface area contributed by atoms with Gasteiger partial charge in [0.2, 0.25) is 0 Å². The Balaban J connectivity index is 2.22. The lowest BCUT2D eigenvalue weighted by molar-refractivity contribution is 0.406. The number of benzene rings is 3. The standard InChI is InChI=1S/C29H35N3Si/c1-27(2,3)31-22-23-32(28(4,5)6)33(31)30-29(24-16-10-7-11-17-24,25-18-12-8-13-19-25)26-20-14-9-15-21-26/h7-23H,1-6H3. The van der Waals surface area contributed by atoms with Crippen molar-refractivity contribution in [2.75, 3.05) is 0 Å². The fraction of sp³-hybridized carbons (Fsp3) is 0.310. The highest BCUT2D eigenvalue weighted by Crippen LogP contribution is 2.40. The van der Waals surface area contributed by atoms with Gasteiger partial charge in [0, 0.05) is 23.5 Å². The smallest absolute Gasteiger partial charge is 0.347 e. The third-order valence-electron chi connectivity index (χ3n) is 6.08. The average molecular weight is 454 g/mol. The highest BCUT2D eigenvalue weighted by molar-refractivity contribution is 6.29. The Kier molecular flexibility index (Phi) is 6.15. The van der Waals surface area contributed by atoms with Crippen LogP contribution < -0.4 is 0 Å². The summed E-state index contributed by atoms with van der Waals surface area (Å²) in [4.78, 5) is 0. The molecule has 0 amide bonds. The first-order valence-corrected chi connectivity index (χ1v) is 13.0. The Labute approximate surface area is 199 Å². The molecule has 170 valence electrons. The molecule has 0 N–H and O–H groups in total. The monoisotopic (exact) mass is 453 g/mol. The summed E-state index contributed by atoms with van der Waals surface area (Å²) in [5.41, 5.74) is 2.88. The minimum absolute atomic E-state index is 0.0376. The number of rotatable bonds is 4. The highest BCUT2D eigenvalue weighted by Gasteiger charge is 2.37. The molecule has 0 saturated heterocycles. The van der Waals surface area contributed by atoms with Gasteiger partial charge in [0.15, 0.2) is 0 Å². The Morgan fingerprint density at radius 3 is 1.09 bits per heavy atom. The quantitative estimate of drug-likeness (QED) is 0.232. The van der Waals surface area contributed by atoms with Gasteiger partial charge < -0.3 is 8.44 Å². The molecule has 1 aromatic heterocycles. The lowest BCUT2D eigenvalue weighted by Gasteiger charge is -2.34. The third kappa shape index (κ3) is 4.45. The van der Waals surface area contributed by atoms with Crippen molar-refractivity contribution in [1.82, 2.24) is 8.44 Å². The Morgan fingerprint density at radius 2 is 0.818 bits per heavy atom. The maximum atomic E-state index is 5.90. The first-order valence-electron chi connectivity index (χ1n) is 11.7. The summed E-state index contributed by atoms with van der Waals surface area (Å²) in [6.07, 6.45) is 4.49. The second-order valence-electron chi connectivity index (χ2n) is 10.6. The van der Waals surface area contributed by atoms with Gasteiger partial charge in [-0.1, -0.05) is 91.0 Å². The fourth-order valence-electron chi connectivity index (χ4n) is 4.42. The third-order valence-corrected chi connectivity index (χ3v) is 9.12. The Hall–Kier alpha value is -2.98. The summed E-state index contributed by atoms with van der Waals surface area (Å²) in [5, 5.41) is 0. The van der Waals surface area contributed by atoms with Crippen LogP contribution >= 0.6 is 0 Å². The van der Waals surface area contributed by atoms with E-state index >= 15 is 0 Å². The molecule has 33 heavy (non-hydrogen) atoms. The van der Waals surface area contributed by atoms with E-state index in [1.807, 2.05) is 0 Å². The van der Waals surface area contributed by atoms with Crippen molar-refractivity contribution in [3.63, 3.8) is 0 Å². The van der Waals surface area contributed by atoms with Crippen LogP contribution in [0.5, 0.6) is 0 Å². The van der Waals surface area contributed by atoms with Crippen molar-refractivity contribution in [2.45, 2.75) is 58.2 Å². The largest absolute Gasteiger partial charge is 0.379 e. The molecule has 4 aromatic rings. The molecule has 0 spiro atoms. The van der Waals surface area contributed by atoms with Crippen LogP contribution in [0.3, 0.4) is 0 Å². The second kappa shape index (κ2) is 8.75. The van der Waals surface area contributed by atoms with Crippen LogP contribution in [-0.2, 0) is 16.6 Å². The number of hydrogen-bond donors (Lipinski definition) is 0. The lowest BCUT2D eigenvalue weighted by Crippen LogP contribution is -2.36. The van der Waals surface area contributed by atoms with Crippen LogP contribution in [0.4, 0.5) is 0 Å². The summed E-state index contributed by atoms with van der Waals surface area (Å²) >= 11 is 0. The molecule has 0 bridgehead atoms. The maximum absolute atomic E-state index is 5.90. The van der Waals surface area contributed by atoms with Crippen LogP contribution in [0.25, 0.3) is 0 Å². The van der Waals surface area contributed by atoms with E-state index in [-0.39, 0.29) is 11.1 Å². The molecule has 1 heterocycles. The van der Waals surface area contributed by atoms with Gasteiger partial charge in [0.05, 0.1) is 0 Å². The van der Waals surface area contributed by atoms with Gasteiger partial charge in [0.1, 0.15) is 5.54 Å². The predicted molar refractivity (Wildman–Crippen MR) is 140 cm³/mol. The van der Waals surface area contributed by atoms with Crippen molar-refractivity contribution >= 4 is 8.53 Å². The average Bonchev–Trinajstić information content (AvgIpc) is 3.24. The molecule has 0 atom stereocenters. The molecule has 0 aliphatic carbocycles. The van der Waals surface area contributed by atoms with Crippen molar-refractivity contribution in [1.29, 1.82) is 0 Å². The van der Waals surface area contributed by atoms with E-state index < -0.39 is 14.1 Å². The van der Waals surface area contributed by atoms with E-state index in [1.54, 1.807) is 0 Å². The molecular formula is C29H35N3Si. The van der Waals surface area contributed by atoms with Crippen molar-refractivity contribution in [2.24, 2.45) is 4.63 Å². The predicted octanol–water partition coefficient (Wildman–Crippen LogP) is 7.13. The Bertz CT molecular complexity index is 1120. The van der Waals surface area contributed by atoms with Crippen LogP contribution in [0, 0.1) is 0 Å². The first-order chi connectivity index (χ1) is 15.6. The summed E-state index contributed by atoms with van der Waals surface area (Å²) in [6, 6.07) is 32.3. The minimum Gasteiger partial charge on any atom is -0.347 e. The normalized spacial score (nSPS) is 12.5. The fourth-order valence-corrected chi connectivity index (χ4v) is 7.15. The SMILES string of the molecule is CC(C)(C)n1ccn(C(C)(C)C)[si]1=NC(c1ccccc1)(c1ccccc1)c1ccccc1. The van der Waals surface area contributed by atoms with Gasteiger partial charge in [-0.2, -0.15) is 0 Å². The molecule has 3 aromatic carbocycles. The first kappa shape index (κ1) is 23.2. The van der Waals surface area contributed by atoms with Crippen LogP contribution in [0.15, 0.2) is 108 Å². The zero-order chi connectivity index (χ0) is 23.7. The van der Waals surface area contributed by atoms with E-state index in [1.165, 1.54) is 16.7 Å². The van der Waals surface area contributed by atoms with Gasteiger partial charge in [0.25, 0.3) is 0 Å². The number of nitrogens with zero attached hydrogens (tertiary/aromatic N) is 3. The molecule has 3 nitrogen and oxygen atoms in total. The Morgan fingerprint density at radius 1 is 0.515 bits per heavy atom. The van der Waals surface area contributed by atoms with Crippen molar-refractivity contribution < 1.29 is 0 Å². The van der Waals surface area contributed by atoms with E-state index in [9.17, 15) is 0 Å². The number of aromatic nitrogens is 2. The van der Waals surface area contributed by atoms with Gasteiger partial charge in [-0.3, -0.25) is 4.63 Å². The lowest BCUT2D eigenvalue weighted by atomic mass is 9.78. The van der Waals surface area contributed by atoms with Gasteiger partial charge in [-0.25, -0.2) is 0 Å². The molecule has 0 aliphatic heterocycles. The van der Waals surface area contributed by atoms with Gasteiger partial charge >= 0.3 is 8.53 Å². The van der Waals surface area contributed by atoms with E-state index in [4.69, 9.17) is 4.63 Å². The van der Waals surface area contributed by atoms with Gasteiger partial charge in [-0.15, -0.1) is 0 Å². The summed E-state index contributed by atoms with van der Waals surface area (Å²) in [5.74, 6) is 0. The van der Waals surface area contributed by atoms with Gasteiger partial charge in [-0.05, 0) is 58.2 Å². The van der Waals surface area contributed by atoms with Crippen molar-refractivity contribution in [3.8, 4) is 0 Å². The topological polar surface area (TPSA) is 22.2 Å². The van der Waals surface area contributed by atoms with Crippen molar-refractivity contribution in [3.05, 3.63) is 120 Å².